The van der Waals surface area contributed by atoms with Crippen molar-refractivity contribution in [2.75, 3.05) is 0 Å². The topological polar surface area (TPSA) is 60.9 Å². The summed E-state index contributed by atoms with van der Waals surface area (Å²) in [6, 6.07) is 9.43. The first kappa shape index (κ1) is 15.0. The van der Waals surface area contributed by atoms with Gasteiger partial charge in [-0.2, -0.15) is 0 Å². The molecule has 6 heteroatoms. The molecule has 0 saturated heterocycles. The summed E-state index contributed by atoms with van der Waals surface area (Å²) < 4.78 is 29.0. The molecule has 1 saturated carbocycles. The normalized spacial score (nSPS) is 15.6. The van der Waals surface area contributed by atoms with Gasteiger partial charge in [0.05, 0.1) is 17.2 Å². The van der Waals surface area contributed by atoms with Crippen LogP contribution in [0.5, 0.6) is 0 Å². The molecule has 1 aliphatic rings. The van der Waals surface area contributed by atoms with E-state index < -0.39 is 23.2 Å². The van der Waals surface area contributed by atoms with Crippen molar-refractivity contribution in [2.45, 2.75) is 18.9 Å². The average Bonchev–Trinajstić information content (AvgIpc) is 3.38. The SMILES string of the molecule is NC(c1nc2cccc(F)c2c(=O)n1-c1cccc(F)c1)C1CC1. The van der Waals surface area contributed by atoms with Crippen LogP contribution in [0.15, 0.2) is 47.3 Å². The largest absolute Gasteiger partial charge is 0.321 e. The van der Waals surface area contributed by atoms with Crippen molar-refractivity contribution >= 4 is 10.9 Å². The third-order valence-electron chi connectivity index (χ3n) is 4.37. The van der Waals surface area contributed by atoms with Gasteiger partial charge < -0.3 is 5.73 Å². The van der Waals surface area contributed by atoms with Crippen LogP contribution in [-0.2, 0) is 0 Å². The monoisotopic (exact) mass is 327 g/mol. The van der Waals surface area contributed by atoms with Crippen LogP contribution in [0, 0.1) is 17.6 Å². The Kier molecular flexibility index (Phi) is 3.42. The van der Waals surface area contributed by atoms with Crippen LogP contribution in [-0.4, -0.2) is 9.55 Å². The van der Waals surface area contributed by atoms with Gasteiger partial charge in [0.15, 0.2) is 0 Å². The van der Waals surface area contributed by atoms with Crippen molar-refractivity contribution in [3.63, 3.8) is 0 Å². The molecule has 24 heavy (non-hydrogen) atoms. The summed E-state index contributed by atoms with van der Waals surface area (Å²) >= 11 is 0. The van der Waals surface area contributed by atoms with Crippen molar-refractivity contribution in [2.24, 2.45) is 11.7 Å². The molecule has 0 aliphatic heterocycles. The van der Waals surface area contributed by atoms with E-state index in [0.29, 0.717) is 11.5 Å². The van der Waals surface area contributed by atoms with Gasteiger partial charge in [0.2, 0.25) is 0 Å². The molecule has 4 nitrogen and oxygen atoms in total. The molecule has 3 aromatic rings. The smallest absolute Gasteiger partial charge is 0.269 e. The second-order valence-electron chi connectivity index (χ2n) is 6.09. The molecule has 0 radical (unpaired) electrons. The highest BCUT2D eigenvalue weighted by atomic mass is 19.1. The predicted octanol–water partition coefficient (Wildman–Crippen LogP) is 3.07. The van der Waals surface area contributed by atoms with Crippen LogP contribution in [0.1, 0.15) is 24.7 Å². The van der Waals surface area contributed by atoms with Gasteiger partial charge in [-0.1, -0.05) is 12.1 Å². The van der Waals surface area contributed by atoms with E-state index >= 15 is 0 Å². The van der Waals surface area contributed by atoms with Crippen LogP contribution in [0.2, 0.25) is 0 Å². The zero-order valence-corrected chi connectivity index (χ0v) is 12.7. The summed E-state index contributed by atoms with van der Waals surface area (Å²) in [6.07, 6.45) is 1.92. The van der Waals surface area contributed by atoms with Gasteiger partial charge in [-0.15, -0.1) is 0 Å². The fraction of sp³-hybridized carbons (Fsp3) is 0.222. The summed E-state index contributed by atoms with van der Waals surface area (Å²) in [5, 5.41) is -0.117. The minimum Gasteiger partial charge on any atom is -0.321 e. The van der Waals surface area contributed by atoms with Gasteiger partial charge >= 0.3 is 0 Å². The summed E-state index contributed by atoms with van der Waals surface area (Å²) in [6.45, 7) is 0. The molecule has 1 fully saturated rings. The van der Waals surface area contributed by atoms with Crippen LogP contribution in [0.25, 0.3) is 16.6 Å². The van der Waals surface area contributed by atoms with Crippen LogP contribution in [0.4, 0.5) is 8.78 Å². The first-order chi connectivity index (χ1) is 11.6. The Hall–Kier alpha value is -2.60. The summed E-state index contributed by atoms with van der Waals surface area (Å²) in [4.78, 5) is 17.4. The van der Waals surface area contributed by atoms with Gasteiger partial charge in [0, 0.05) is 0 Å². The molecule has 0 bridgehead atoms. The number of rotatable bonds is 3. The Morgan fingerprint density at radius 2 is 1.92 bits per heavy atom. The van der Waals surface area contributed by atoms with Crippen molar-refractivity contribution in [3.8, 4) is 5.69 Å². The molecule has 122 valence electrons. The molecule has 2 N–H and O–H groups in total. The molecule has 1 unspecified atom stereocenters. The molecule has 1 aromatic heterocycles. The minimum atomic E-state index is -0.651. The van der Waals surface area contributed by atoms with Gasteiger partial charge in [-0.05, 0) is 49.1 Å². The second kappa shape index (κ2) is 5.49. The summed E-state index contributed by atoms with van der Waals surface area (Å²) in [5.41, 5.74) is 6.25. The quantitative estimate of drug-likeness (QED) is 0.804. The number of hydrogen-bond acceptors (Lipinski definition) is 3. The number of halogens is 2. The number of nitrogens with two attached hydrogens (primary N) is 1. The fourth-order valence-corrected chi connectivity index (χ4v) is 2.96. The standard InChI is InChI=1S/C18H15F2N3O/c19-11-3-1-4-12(9-11)23-17(16(21)10-7-8-10)22-14-6-2-5-13(20)15(14)18(23)24/h1-6,9-10,16H,7-8,21H2. The maximum Gasteiger partial charge on any atom is 0.269 e. The molecule has 0 spiro atoms. The second-order valence-corrected chi connectivity index (χ2v) is 6.09. The molecular weight excluding hydrogens is 312 g/mol. The van der Waals surface area contributed by atoms with E-state index in [1.807, 2.05) is 0 Å². The lowest BCUT2D eigenvalue weighted by Crippen LogP contribution is -2.30. The highest BCUT2D eigenvalue weighted by molar-refractivity contribution is 5.78. The third kappa shape index (κ3) is 2.39. The highest BCUT2D eigenvalue weighted by Crippen LogP contribution is 2.39. The Morgan fingerprint density at radius 1 is 1.17 bits per heavy atom. The van der Waals surface area contributed by atoms with E-state index in [-0.39, 0.29) is 16.8 Å². The zero-order valence-electron chi connectivity index (χ0n) is 12.7. The Balaban J connectivity index is 2.08. The molecule has 1 heterocycles. The number of hydrogen-bond donors (Lipinski definition) is 1. The molecule has 0 amide bonds. The van der Waals surface area contributed by atoms with Gasteiger partial charge in [-0.3, -0.25) is 9.36 Å². The number of benzene rings is 2. The lowest BCUT2D eigenvalue weighted by molar-refractivity contribution is 0.570. The highest BCUT2D eigenvalue weighted by Gasteiger charge is 2.33. The number of aromatic nitrogens is 2. The summed E-state index contributed by atoms with van der Waals surface area (Å²) in [7, 11) is 0. The Bertz CT molecular complexity index is 995. The van der Waals surface area contributed by atoms with Crippen LogP contribution >= 0.6 is 0 Å². The molecule has 4 rings (SSSR count). The predicted molar refractivity (Wildman–Crippen MR) is 86.9 cm³/mol. The number of fused-ring (bicyclic) bond motifs is 1. The molecule has 1 atom stereocenters. The molecule has 1 aliphatic carbocycles. The first-order valence-corrected chi connectivity index (χ1v) is 7.79. The lowest BCUT2D eigenvalue weighted by Gasteiger charge is -2.18. The Labute approximate surface area is 136 Å². The zero-order chi connectivity index (χ0) is 16.8. The van der Waals surface area contributed by atoms with Gasteiger partial charge in [0.25, 0.3) is 5.56 Å². The van der Waals surface area contributed by atoms with E-state index in [9.17, 15) is 13.6 Å². The van der Waals surface area contributed by atoms with Gasteiger partial charge in [0.1, 0.15) is 22.8 Å². The van der Waals surface area contributed by atoms with Crippen molar-refractivity contribution in [3.05, 3.63) is 70.3 Å². The number of nitrogens with zero attached hydrogens (tertiary/aromatic N) is 2. The maximum absolute atomic E-state index is 14.2. The van der Waals surface area contributed by atoms with Crippen molar-refractivity contribution in [1.82, 2.24) is 9.55 Å². The average molecular weight is 327 g/mol. The minimum absolute atomic E-state index is 0.117. The van der Waals surface area contributed by atoms with E-state index in [1.165, 1.54) is 34.9 Å². The van der Waals surface area contributed by atoms with E-state index in [1.54, 1.807) is 12.1 Å². The Morgan fingerprint density at radius 3 is 2.62 bits per heavy atom. The van der Waals surface area contributed by atoms with Crippen molar-refractivity contribution < 1.29 is 8.78 Å². The van der Waals surface area contributed by atoms with E-state index in [2.05, 4.69) is 4.98 Å². The van der Waals surface area contributed by atoms with Gasteiger partial charge in [-0.25, -0.2) is 13.8 Å². The molecule has 2 aromatic carbocycles. The first-order valence-electron chi connectivity index (χ1n) is 7.79. The third-order valence-corrected chi connectivity index (χ3v) is 4.37. The van der Waals surface area contributed by atoms with Crippen LogP contribution in [0.3, 0.4) is 0 Å². The van der Waals surface area contributed by atoms with E-state index in [0.717, 1.165) is 12.8 Å². The van der Waals surface area contributed by atoms with Crippen molar-refractivity contribution in [1.29, 1.82) is 0 Å². The van der Waals surface area contributed by atoms with Crippen LogP contribution < -0.4 is 11.3 Å². The lowest BCUT2D eigenvalue weighted by atomic mass is 10.1. The summed E-state index contributed by atoms with van der Waals surface area (Å²) in [5.74, 6) is -0.561. The molecular formula is C18H15F2N3O. The van der Waals surface area contributed by atoms with E-state index in [4.69, 9.17) is 5.73 Å². The fourth-order valence-electron chi connectivity index (χ4n) is 2.96. The maximum atomic E-state index is 14.2.